The van der Waals surface area contributed by atoms with Crippen LogP contribution in [0.15, 0.2) is 59.1 Å². The lowest BCUT2D eigenvalue weighted by atomic mass is 10.1. The summed E-state index contributed by atoms with van der Waals surface area (Å²) in [6.07, 6.45) is 0. The molecular weight excluding hydrogens is 350 g/mol. The van der Waals surface area contributed by atoms with E-state index >= 15 is 0 Å². The molecule has 0 unspecified atom stereocenters. The lowest BCUT2D eigenvalue weighted by Crippen LogP contribution is -1.98. The number of benzene rings is 2. The fourth-order valence-corrected chi connectivity index (χ4v) is 2.48. The highest BCUT2D eigenvalue weighted by Crippen LogP contribution is 2.26. The van der Waals surface area contributed by atoms with Crippen LogP contribution in [-0.2, 0) is 0 Å². The fourth-order valence-electron chi connectivity index (χ4n) is 2.03. The van der Waals surface area contributed by atoms with Gasteiger partial charge in [-0.25, -0.2) is 9.97 Å². The molecule has 0 amide bonds. The number of anilines is 1. The van der Waals surface area contributed by atoms with Gasteiger partial charge in [0.2, 0.25) is 5.95 Å². The number of nitrogens with two attached hydrogens (primary N) is 1. The molecule has 104 valence electrons. The Morgan fingerprint density at radius 3 is 2.19 bits per heavy atom. The highest BCUT2D eigenvalue weighted by Gasteiger charge is 2.07. The molecular formula is C16H11BrClN3. The maximum absolute atomic E-state index is 6.03. The van der Waals surface area contributed by atoms with Gasteiger partial charge in [-0.15, -0.1) is 0 Å². The van der Waals surface area contributed by atoms with Crippen molar-refractivity contribution in [1.29, 1.82) is 0 Å². The van der Waals surface area contributed by atoms with Crippen LogP contribution in [0, 0.1) is 0 Å². The molecule has 0 bridgehead atoms. The largest absolute Gasteiger partial charge is 0.368 e. The quantitative estimate of drug-likeness (QED) is 0.713. The molecule has 0 aliphatic heterocycles. The number of hydrogen-bond acceptors (Lipinski definition) is 3. The van der Waals surface area contributed by atoms with Crippen molar-refractivity contribution in [2.45, 2.75) is 0 Å². The van der Waals surface area contributed by atoms with Crippen LogP contribution in [0.1, 0.15) is 0 Å². The Bertz CT molecular complexity index is 788. The minimum atomic E-state index is 0.241. The van der Waals surface area contributed by atoms with Gasteiger partial charge in [0.15, 0.2) is 0 Å². The minimum absolute atomic E-state index is 0.241. The first kappa shape index (κ1) is 14.0. The van der Waals surface area contributed by atoms with Gasteiger partial charge in [-0.05, 0) is 30.3 Å². The molecule has 21 heavy (non-hydrogen) atoms. The maximum Gasteiger partial charge on any atom is 0.221 e. The molecule has 0 saturated heterocycles. The third-order valence-corrected chi connectivity index (χ3v) is 3.77. The topological polar surface area (TPSA) is 51.8 Å². The number of halogens is 2. The normalized spacial score (nSPS) is 10.6. The summed E-state index contributed by atoms with van der Waals surface area (Å²) in [7, 11) is 0. The monoisotopic (exact) mass is 359 g/mol. The molecule has 0 spiro atoms. The molecule has 2 N–H and O–H groups in total. The molecule has 3 rings (SSSR count). The fraction of sp³-hybridized carbons (Fsp3) is 0. The Morgan fingerprint density at radius 2 is 1.52 bits per heavy atom. The Morgan fingerprint density at radius 1 is 0.857 bits per heavy atom. The second-order valence-corrected chi connectivity index (χ2v) is 5.87. The minimum Gasteiger partial charge on any atom is -0.368 e. The van der Waals surface area contributed by atoms with Crippen molar-refractivity contribution in [2.24, 2.45) is 0 Å². The summed E-state index contributed by atoms with van der Waals surface area (Å²) in [4.78, 5) is 8.59. The number of rotatable bonds is 2. The number of hydrogen-bond donors (Lipinski definition) is 1. The summed E-state index contributed by atoms with van der Waals surface area (Å²) < 4.78 is 1.02. The zero-order valence-corrected chi connectivity index (χ0v) is 13.3. The molecule has 5 heteroatoms. The van der Waals surface area contributed by atoms with Crippen LogP contribution in [-0.4, -0.2) is 9.97 Å². The highest BCUT2D eigenvalue weighted by atomic mass is 79.9. The first-order valence-electron chi connectivity index (χ1n) is 6.28. The van der Waals surface area contributed by atoms with E-state index in [1.165, 1.54) is 0 Å². The van der Waals surface area contributed by atoms with E-state index in [1.807, 2.05) is 54.6 Å². The molecule has 1 heterocycles. The molecule has 3 aromatic rings. The van der Waals surface area contributed by atoms with E-state index in [9.17, 15) is 0 Å². The Labute approximate surface area is 135 Å². The highest BCUT2D eigenvalue weighted by molar-refractivity contribution is 9.10. The summed E-state index contributed by atoms with van der Waals surface area (Å²) in [6.45, 7) is 0. The predicted molar refractivity (Wildman–Crippen MR) is 90.0 cm³/mol. The van der Waals surface area contributed by atoms with Crippen LogP contribution < -0.4 is 5.73 Å². The second-order valence-electron chi connectivity index (χ2n) is 4.51. The molecule has 2 aromatic carbocycles. The Balaban J connectivity index is 2.10. The third kappa shape index (κ3) is 3.23. The van der Waals surface area contributed by atoms with E-state index < -0.39 is 0 Å². The maximum atomic E-state index is 6.03. The molecule has 0 aliphatic rings. The molecule has 1 aromatic heterocycles. The van der Waals surface area contributed by atoms with Crippen LogP contribution in [0.2, 0.25) is 5.02 Å². The van der Waals surface area contributed by atoms with Crippen LogP contribution in [0.4, 0.5) is 5.95 Å². The van der Waals surface area contributed by atoms with E-state index in [1.54, 1.807) is 0 Å². The van der Waals surface area contributed by atoms with Crippen LogP contribution in [0.25, 0.3) is 22.5 Å². The smallest absolute Gasteiger partial charge is 0.221 e. The second kappa shape index (κ2) is 5.84. The van der Waals surface area contributed by atoms with Gasteiger partial charge >= 0.3 is 0 Å². The van der Waals surface area contributed by atoms with Crippen molar-refractivity contribution < 1.29 is 0 Å². The molecule has 0 fully saturated rings. The number of aromatic nitrogens is 2. The predicted octanol–water partition coefficient (Wildman–Crippen LogP) is 4.81. The van der Waals surface area contributed by atoms with Crippen molar-refractivity contribution in [3.8, 4) is 22.5 Å². The molecule has 0 atom stereocenters. The van der Waals surface area contributed by atoms with Crippen LogP contribution in [0.5, 0.6) is 0 Å². The van der Waals surface area contributed by atoms with Gasteiger partial charge in [0.1, 0.15) is 0 Å². The summed E-state index contributed by atoms with van der Waals surface area (Å²) in [5, 5.41) is 0.662. The average Bonchev–Trinajstić information content (AvgIpc) is 2.47. The summed E-state index contributed by atoms with van der Waals surface area (Å²) in [5.41, 5.74) is 9.27. The van der Waals surface area contributed by atoms with E-state index in [-0.39, 0.29) is 5.95 Å². The van der Waals surface area contributed by atoms with Gasteiger partial charge in [0.25, 0.3) is 0 Å². The van der Waals surface area contributed by atoms with E-state index in [2.05, 4.69) is 25.9 Å². The third-order valence-electron chi connectivity index (χ3n) is 3.00. The Hall–Kier alpha value is -1.91. The van der Waals surface area contributed by atoms with Crippen molar-refractivity contribution in [2.75, 3.05) is 5.73 Å². The standard InChI is InChI=1S/C16H11BrClN3/c17-12-6-4-10(5-7-12)14-9-15(21-16(19)20-14)11-2-1-3-13(18)8-11/h1-9H,(H2,19,20,21). The van der Waals surface area contributed by atoms with Gasteiger partial charge in [-0.2, -0.15) is 0 Å². The molecule has 0 radical (unpaired) electrons. The van der Waals surface area contributed by atoms with Gasteiger partial charge in [-0.1, -0.05) is 51.8 Å². The van der Waals surface area contributed by atoms with E-state index in [0.717, 1.165) is 27.0 Å². The van der Waals surface area contributed by atoms with E-state index in [4.69, 9.17) is 17.3 Å². The number of nitrogens with zero attached hydrogens (tertiary/aromatic N) is 2. The molecule has 0 aliphatic carbocycles. The lowest BCUT2D eigenvalue weighted by Gasteiger charge is -2.07. The first-order valence-corrected chi connectivity index (χ1v) is 7.45. The van der Waals surface area contributed by atoms with E-state index in [0.29, 0.717) is 5.02 Å². The van der Waals surface area contributed by atoms with Gasteiger partial charge in [0, 0.05) is 20.6 Å². The summed E-state index contributed by atoms with van der Waals surface area (Å²) >= 11 is 9.45. The zero-order chi connectivity index (χ0) is 14.8. The van der Waals surface area contributed by atoms with Gasteiger partial charge in [0.05, 0.1) is 11.4 Å². The summed E-state index contributed by atoms with van der Waals surface area (Å²) in [5.74, 6) is 0.241. The van der Waals surface area contributed by atoms with Crippen molar-refractivity contribution >= 4 is 33.5 Å². The van der Waals surface area contributed by atoms with Crippen LogP contribution in [0.3, 0.4) is 0 Å². The SMILES string of the molecule is Nc1nc(-c2ccc(Br)cc2)cc(-c2cccc(Cl)c2)n1. The first-order chi connectivity index (χ1) is 10.1. The molecule has 0 saturated carbocycles. The molecule has 3 nitrogen and oxygen atoms in total. The van der Waals surface area contributed by atoms with Crippen molar-refractivity contribution in [1.82, 2.24) is 9.97 Å². The summed E-state index contributed by atoms with van der Waals surface area (Å²) in [6, 6.07) is 17.3. The van der Waals surface area contributed by atoms with Crippen molar-refractivity contribution in [3.05, 3.63) is 64.1 Å². The van der Waals surface area contributed by atoms with Gasteiger partial charge < -0.3 is 5.73 Å². The Kier molecular flexibility index (Phi) is 3.90. The average molecular weight is 361 g/mol. The number of nitrogen functional groups attached to an aromatic ring is 1. The van der Waals surface area contributed by atoms with Crippen LogP contribution >= 0.6 is 27.5 Å². The zero-order valence-electron chi connectivity index (χ0n) is 10.9. The van der Waals surface area contributed by atoms with Gasteiger partial charge in [-0.3, -0.25) is 0 Å². The van der Waals surface area contributed by atoms with Crippen molar-refractivity contribution in [3.63, 3.8) is 0 Å². The lowest BCUT2D eigenvalue weighted by molar-refractivity contribution is 1.19.